The van der Waals surface area contributed by atoms with Gasteiger partial charge in [-0.25, -0.2) is 0 Å². The van der Waals surface area contributed by atoms with E-state index >= 15 is 0 Å². The fourth-order valence-electron chi connectivity index (χ4n) is 3.76. The molecular weight excluding hydrogens is 482 g/mol. The first-order valence-corrected chi connectivity index (χ1v) is 13.0. The molecule has 0 saturated carbocycles. The zero-order chi connectivity index (χ0) is 27.1. The average molecular weight is 522 g/mol. The Morgan fingerprint density at radius 3 is 2.19 bits per heavy atom. The number of benzene rings is 1. The van der Waals surface area contributed by atoms with E-state index in [2.05, 4.69) is 20.7 Å². The van der Waals surface area contributed by atoms with E-state index in [0.29, 0.717) is 19.3 Å². The number of carbonyl (C=O) groups is 5. The van der Waals surface area contributed by atoms with E-state index in [9.17, 15) is 24.0 Å². The number of methoxy groups -OCH3 is 1. The zero-order valence-electron chi connectivity index (χ0n) is 21.8. The first-order chi connectivity index (χ1) is 17.0. The van der Waals surface area contributed by atoms with E-state index in [-0.39, 0.29) is 54.5 Å². The Morgan fingerprint density at radius 1 is 1.00 bits per heavy atom. The Hall–Kier alpha value is -2.88. The number of unbranched alkanes of at least 4 members (excludes halogenated alkanes) is 2. The van der Waals surface area contributed by atoms with Crippen molar-refractivity contribution in [1.82, 2.24) is 16.0 Å². The summed E-state index contributed by atoms with van der Waals surface area (Å²) in [6.07, 6.45) is 2.61. The molecule has 3 amide bonds. The molecule has 1 aromatic rings. The highest BCUT2D eigenvalue weighted by Gasteiger charge is 2.44. The number of amides is 3. The van der Waals surface area contributed by atoms with Crippen molar-refractivity contribution in [1.29, 1.82) is 0 Å². The molecule has 0 aliphatic heterocycles. The van der Waals surface area contributed by atoms with Crippen LogP contribution in [0.3, 0.4) is 0 Å². The lowest BCUT2D eigenvalue weighted by Gasteiger charge is -2.34. The fourth-order valence-corrected chi connectivity index (χ4v) is 4.99. The van der Waals surface area contributed by atoms with Gasteiger partial charge in [-0.2, -0.15) is 0 Å². The number of ether oxygens (including phenoxy) is 1. The topological polar surface area (TPSA) is 131 Å². The molecule has 0 fully saturated rings. The molecule has 0 aromatic heterocycles. The van der Waals surface area contributed by atoms with Gasteiger partial charge in [0.25, 0.3) is 5.91 Å². The standard InChI is InChI=1S/C26H39N3O6S/c1-18(2)17-26(36-19(3)30,29-22(31)14-10-7-11-15-23(32)35-5)25(34)28-21(24(33)27-4)16-20-12-8-6-9-13-20/h6,8-9,12-13,18,21H,7,10-11,14-17H2,1-5H3,(H,27,33)(H,28,34)(H,29,31)/t21-,26+/m0/s1. The molecule has 0 spiro atoms. The largest absolute Gasteiger partial charge is 0.469 e. The molecule has 0 saturated heterocycles. The van der Waals surface area contributed by atoms with Gasteiger partial charge in [-0.3, -0.25) is 24.0 Å². The van der Waals surface area contributed by atoms with Crippen LogP contribution in [0, 0.1) is 5.92 Å². The lowest BCUT2D eigenvalue weighted by Crippen LogP contribution is -2.61. The highest BCUT2D eigenvalue weighted by molar-refractivity contribution is 8.15. The van der Waals surface area contributed by atoms with Crippen LogP contribution in [0.15, 0.2) is 30.3 Å². The van der Waals surface area contributed by atoms with Gasteiger partial charge in [-0.05, 0) is 30.7 Å². The maximum Gasteiger partial charge on any atom is 0.305 e. The van der Waals surface area contributed by atoms with Crippen molar-refractivity contribution in [3.05, 3.63) is 35.9 Å². The van der Waals surface area contributed by atoms with E-state index in [1.807, 2.05) is 44.2 Å². The number of hydrogen-bond donors (Lipinski definition) is 3. The van der Waals surface area contributed by atoms with Crippen LogP contribution >= 0.6 is 11.8 Å². The molecule has 0 bridgehead atoms. The van der Waals surface area contributed by atoms with Crippen molar-refractivity contribution in [2.75, 3.05) is 14.2 Å². The molecule has 10 heteroatoms. The second kappa shape index (κ2) is 16.0. The Morgan fingerprint density at radius 2 is 1.64 bits per heavy atom. The molecule has 1 aromatic carbocycles. The monoisotopic (exact) mass is 521 g/mol. The van der Waals surface area contributed by atoms with Gasteiger partial charge in [0.05, 0.1) is 7.11 Å². The Kier molecular flexibility index (Phi) is 13.8. The van der Waals surface area contributed by atoms with Crippen molar-refractivity contribution in [2.24, 2.45) is 5.92 Å². The maximum absolute atomic E-state index is 13.6. The number of likely N-dealkylation sites (N-methyl/N-ethyl adjacent to an activating group) is 1. The quantitative estimate of drug-likeness (QED) is 0.184. The van der Waals surface area contributed by atoms with E-state index in [1.165, 1.54) is 21.1 Å². The normalized spacial score (nSPS) is 13.3. The number of rotatable bonds is 15. The van der Waals surface area contributed by atoms with Crippen LogP contribution < -0.4 is 16.0 Å². The summed E-state index contributed by atoms with van der Waals surface area (Å²) in [5, 5.41) is 7.82. The van der Waals surface area contributed by atoms with Crippen LogP contribution in [-0.4, -0.2) is 53.9 Å². The third-order valence-electron chi connectivity index (χ3n) is 5.39. The number of thioether (sulfide) groups is 1. The number of carbonyl (C=O) groups excluding carboxylic acids is 5. The van der Waals surface area contributed by atoms with E-state index in [1.54, 1.807) is 0 Å². The molecule has 0 aliphatic carbocycles. The van der Waals surface area contributed by atoms with Crippen LogP contribution in [0.25, 0.3) is 0 Å². The van der Waals surface area contributed by atoms with Gasteiger partial charge in [0, 0.05) is 33.2 Å². The summed E-state index contributed by atoms with van der Waals surface area (Å²) in [6, 6.07) is 8.38. The average Bonchev–Trinajstić information content (AvgIpc) is 2.82. The molecule has 0 heterocycles. The summed E-state index contributed by atoms with van der Waals surface area (Å²) in [7, 11) is 2.82. The van der Waals surface area contributed by atoms with E-state index in [4.69, 9.17) is 0 Å². The van der Waals surface area contributed by atoms with Crippen LogP contribution in [0.5, 0.6) is 0 Å². The van der Waals surface area contributed by atoms with Gasteiger partial charge in [0.15, 0.2) is 9.99 Å². The molecule has 0 unspecified atom stereocenters. The number of nitrogens with one attached hydrogen (secondary N) is 3. The Balaban J connectivity index is 3.05. The Labute approximate surface area is 217 Å². The minimum absolute atomic E-state index is 0.0319. The van der Waals surface area contributed by atoms with Crippen molar-refractivity contribution in [3.8, 4) is 0 Å². The SMILES string of the molecule is CNC(=O)[C@H](Cc1ccccc1)NC(=O)[C@](CC(C)C)(NC(=O)CCCCCC(=O)OC)SC(C)=O. The molecule has 3 N–H and O–H groups in total. The van der Waals surface area contributed by atoms with Crippen LogP contribution in [0.2, 0.25) is 0 Å². The lowest BCUT2D eigenvalue weighted by atomic mass is 10.00. The van der Waals surface area contributed by atoms with Crippen molar-refractivity contribution < 1.29 is 28.7 Å². The molecule has 200 valence electrons. The fraction of sp³-hybridized carbons (Fsp3) is 0.577. The predicted octanol–water partition coefficient (Wildman–Crippen LogP) is 2.72. The minimum atomic E-state index is -1.56. The van der Waals surface area contributed by atoms with Gasteiger partial charge in [0.2, 0.25) is 11.8 Å². The summed E-state index contributed by atoms with van der Waals surface area (Å²) < 4.78 is 4.61. The maximum atomic E-state index is 13.6. The van der Waals surface area contributed by atoms with E-state index < -0.39 is 16.8 Å². The van der Waals surface area contributed by atoms with Gasteiger partial charge < -0.3 is 20.7 Å². The first kappa shape index (κ1) is 31.2. The van der Waals surface area contributed by atoms with Crippen LogP contribution in [0.4, 0.5) is 0 Å². The molecule has 0 aliphatic rings. The van der Waals surface area contributed by atoms with Gasteiger partial charge in [-0.1, -0.05) is 62.4 Å². The Bertz CT molecular complexity index is 893. The molecular formula is C26H39N3O6S. The third kappa shape index (κ3) is 11.2. The molecule has 36 heavy (non-hydrogen) atoms. The lowest BCUT2D eigenvalue weighted by molar-refractivity contribution is -0.140. The van der Waals surface area contributed by atoms with Gasteiger partial charge >= 0.3 is 5.97 Å². The second-order valence-electron chi connectivity index (χ2n) is 9.03. The summed E-state index contributed by atoms with van der Waals surface area (Å²) in [5.74, 6) is -1.69. The summed E-state index contributed by atoms with van der Waals surface area (Å²) in [5.41, 5.74) is 0.857. The molecule has 1 rings (SSSR count). The molecule has 0 radical (unpaired) electrons. The van der Waals surface area contributed by atoms with Gasteiger partial charge in [-0.15, -0.1) is 0 Å². The van der Waals surface area contributed by atoms with Crippen molar-refractivity contribution in [3.63, 3.8) is 0 Å². The van der Waals surface area contributed by atoms with Gasteiger partial charge in [0.1, 0.15) is 6.04 Å². The summed E-state index contributed by atoms with van der Waals surface area (Å²) >= 11 is 0.754. The van der Waals surface area contributed by atoms with Crippen molar-refractivity contribution >= 4 is 40.6 Å². The second-order valence-corrected chi connectivity index (χ2v) is 10.5. The summed E-state index contributed by atoms with van der Waals surface area (Å²) in [4.78, 5) is 61.0. The zero-order valence-corrected chi connectivity index (χ0v) is 22.7. The number of esters is 1. The highest BCUT2D eigenvalue weighted by Crippen LogP contribution is 2.31. The smallest absolute Gasteiger partial charge is 0.305 e. The van der Waals surface area contributed by atoms with E-state index in [0.717, 1.165) is 17.3 Å². The van der Waals surface area contributed by atoms with Crippen molar-refractivity contribution in [2.45, 2.75) is 76.6 Å². The highest BCUT2D eigenvalue weighted by atomic mass is 32.2. The molecule has 9 nitrogen and oxygen atoms in total. The summed E-state index contributed by atoms with van der Waals surface area (Å²) in [6.45, 7) is 5.12. The van der Waals surface area contributed by atoms with Crippen LogP contribution in [0.1, 0.15) is 64.9 Å². The molecule has 2 atom stereocenters. The number of hydrogen-bond acceptors (Lipinski definition) is 7. The van der Waals surface area contributed by atoms with Crippen LogP contribution in [-0.2, 0) is 35.1 Å². The third-order valence-corrected chi connectivity index (χ3v) is 6.48. The first-order valence-electron chi connectivity index (χ1n) is 12.2. The minimum Gasteiger partial charge on any atom is -0.469 e. The predicted molar refractivity (Wildman–Crippen MR) is 140 cm³/mol.